The summed E-state index contributed by atoms with van der Waals surface area (Å²) >= 11 is 0. The molecule has 3 nitrogen and oxygen atoms in total. The number of aromatic hydroxyl groups is 1. The highest BCUT2D eigenvalue weighted by atomic mass is 19.4. The Kier molecular flexibility index (Phi) is 3.93. The molecule has 0 heterocycles. The van der Waals surface area contributed by atoms with E-state index in [0.717, 1.165) is 12.1 Å². The second-order valence-corrected chi connectivity index (χ2v) is 4.01. The summed E-state index contributed by atoms with van der Waals surface area (Å²) in [4.78, 5) is 0. The predicted octanol–water partition coefficient (Wildman–Crippen LogP) is 3.86. The van der Waals surface area contributed by atoms with Crippen LogP contribution in [0, 0.1) is 0 Å². The largest absolute Gasteiger partial charge is 0.506 e. The quantitative estimate of drug-likeness (QED) is 0.509. The van der Waals surface area contributed by atoms with Crippen LogP contribution in [0.25, 0.3) is 0 Å². The fourth-order valence-electron chi connectivity index (χ4n) is 1.50. The van der Waals surface area contributed by atoms with Crippen LogP contribution in [0.2, 0.25) is 0 Å². The van der Waals surface area contributed by atoms with Gasteiger partial charge in [-0.3, -0.25) is 5.43 Å². The van der Waals surface area contributed by atoms with Crippen LogP contribution in [0.1, 0.15) is 11.1 Å². The van der Waals surface area contributed by atoms with Crippen molar-refractivity contribution < 1.29 is 18.3 Å². The van der Waals surface area contributed by atoms with E-state index in [-0.39, 0.29) is 5.75 Å². The van der Waals surface area contributed by atoms with E-state index < -0.39 is 11.7 Å². The molecular formula is C14H11F3N2O. The van der Waals surface area contributed by atoms with E-state index in [1.807, 2.05) is 0 Å². The molecule has 0 aliphatic rings. The lowest BCUT2D eigenvalue weighted by Crippen LogP contribution is -2.04. The Bertz CT molecular complexity index is 607. The highest BCUT2D eigenvalue weighted by Gasteiger charge is 2.29. The first kappa shape index (κ1) is 13.9. The average molecular weight is 280 g/mol. The summed E-state index contributed by atoms with van der Waals surface area (Å²) in [6, 6.07) is 11.1. The summed E-state index contributed by atoms with van der Waals surface area (Å²) in [5.41, 5.74) is 2.83. The molecule has 2 aromatic carbocycles. The van der Waals surface area contributed by atoms with Gasteiger partial charge in [0.2, 0.25) is 0 Å². The summed E-state index contributed by atoms with van der Waals surface area (Å²) in [6.07, 6.45) is -2.98. The zero-order chi connectivity index (χ0) is 14.6. The summed E-state index contributed by atoms with van der Waals surface area (Å²) in [5.74, 6) is 0.0390. The summed E-state index contributed by atoms with van der Waals surface area (Å²) < 4.78 is 37.1. The summed E-state index contributed by atoms with van der Waals surface area (Å²) in [6.45, 7) is 0. The van der Waals surface area contributed by atoms with Gasteiger partial charge in [0.25, 0.3) is 0 Å². The highest BCUT2D eigenvalue weighted by Crippen LogP contribution is 2.28. The number of hydrazone groups is 1. The zero-order valence-corrected chi connectivity index (χ0v) is 10.2. The van der Waals surface area contributed by atoms with E-state index in [2.05, 4.69) is 10.5 Å². The first-order chi connectivity index (χ1) is 9.47. The Morgan fingerprint density at radius 1 is 1.00 bits per heavy atom. The van der Waals surface area contributed by atoms with Crippen LogP contribution in [0.4, 0.5) is 18.9 Å². The predicted molar refractivity (Wildman–Crippen MR) is 70.8 cm³/mol. The molecule has 0 unspecified atom stereocenters. The number of phenolic OH excluding ortho intramolecular Hbond substituents is 1. The molecule has 6 heteroatoms. The second kappa shape index (κ2) is 5.64. The maximum atomic E-state index is 12.4. The standard InChI is InChI=1S/C14H11F3N2O/c15-14(16,17)11-7-5-10(6-8-11)9-18-19-12-3-1-2-4-13(12)20/h1-9,19-20H/b18-9+. The maximum absolute atomic E-state index is 12.4. The molecule has 0 aromatic heterocycles. The SMILES string of the molecule is Oc1ccccc1N/N=C/c1ccc(C(F)(F)F)cc1. The number of hydrogen-bond donors (Lipinski definition) is 2. The van der Waals surface area contributed by atoms with Gasteiger partial charge < -0.3 is 5.11 Å². The molecule has 0 atom stereocenters. The van der Waals surface area contributed by atoms with Crippen molar-refractivity contribution in [2.45, 2.75) is 6.18 Å². The Morgan fingerprint density at radius 3 is 2.25 bits per heavy atom. The number of nitrogens with one attached hydrogen (secondary N) is 1. The van der Waals surface area contributed by atoms with Crippen LogP contribution in [-0.2, 0) is 6.18 Å². The van der Waals surface area contributed by atoms with Crippen molar-refractivity contribution in [2.24, 2.45) is 5.10 Å². The lowest BCUT2D eigenvalue weighted by atomic mass is 10.1. The molecule has 0 saturated heterocycles. The van der Waals surface area contributed by atoms with Gasteiger partial charge in [0, 0.05) is 0 Å². The molecule has 0 bridgehead atoms. The Labute approximate surface area is 113 Å². The fourth-order valence-corrected chi connectivity index (χ4v) is 1.50. The van der Waals surface area contributed by atoms with E-state index in [0.29, 0.717) is 11.3 Å². The van der Waals surface area contributed by atoms with Crippen molar-refractivity contribution in [1.82, 2.24) is 0 Å². The number of alkyl halides is 3. The van der Waals surface area contributed by atoms with Crippen LogP contribution in [0.15, 0.2) is 53.6 Å². The Morgan fingerprint density at radius 2 is 1.65 bits per heavy atom. The fraction of sp³-hybridized carbons (Fsp3) is 0.0714. The van der Waals surface area contributed by atoms with Gasteiger partial charge in [-0.05, 0) is 29.8 Å². The number of halogens is 3. The zero-order valence-electron chi connectivity index (χ0n) is 10.2. The third-order valence-corrected chi connectivity index (χ3v) is 2.54. The molecule has 0 radical (unpaired) electrons. The van der Waals surface area contributed by atoms with E-state index in [1.54, 1.807) is 18.2 Å². The molecule has 0 fully saturated rings. The minimum absolute atomic E-state index is 0.0390. The molecule has 0 amide bonds. The van der Waals surface area contributed by atoms with Crippen LogP contribution in [0.3, 0.4) is 0 Å². The summed E-state index contributed by atoms with van der Waals surface area (Å²) in [7, 11) is 0. The Balaban J connectivity index is 2.04. The first-order valence-corrected chi connectivity index (χ1v) is 5.71. The molecule has 2 rings (SSSR count). The number of rotatable bonds is 3. The van der Waals surface area contributed by atoms with Crippen LogP contribution >= 0.6 is 0 Å². The molecule has 20 heavy (non-hydrogen) atoms. The van der Waals surface area contributed by atoms with Crippen molar-refractivity contribution in [3.63, 3.8) is 0 Å². The highest BCUT2D eigenvalue weighted by molar-refractivity contribution is 5.80. The molecule has 2 aromatic rings. The summed E-state index contributed by atoms with van der Waals surface area (Å²) in [5, 5.41) is 13.3. The molecule has 104 valence electrons. The van der Waals surface area contributed by atoms with Gasteiger partial charge in [-0.2, -0.15) is 18.3 Å². The van der Waals surface area contributed by atoms with Crippen molar-refractivity contribution in [3.05, 3.63) is 59.7 Å². The number of para-hydroxylation sites is 2. The van der Waals surface area contributed by atoms with Crippen LogP contribution in [0.5, 0.6) is 5.75 Å². The smallest absolute Gasteiger partial charge is 0.416 e. The second-order valence-electron chi connectivity index (χ2n) is 4.01. The third kappa shape index (κ3) is 3.50. The lowest BCUT2D eigenvalue weighted by Gasteiger charge is -2.06. The van der Waals surface area contributed by atoms with Gasteiger partial charge in [0.05, 0.1) is 17.5 Å². The lowest BCUT2D eigenvalue weighted by molar-refractivity contribution is -0.137. The van der Waals surface area contributed by atoms with E-state index >= 15 is 0 Å². The van der Waals surface area contributed by atoms with Gasteiger partial charge in [-0.1, -0.05) is 24.3 Å². The number of anilines is 1. The third-order valence-electron chi connectivity index (χ3n) is 2.54. The minimum Gasteiger partial charge on any atom is -0.506 e. The van der Waals surface area contributed by atoms with Gasteiger partial charge >= 0.3 is 6.18 Å². The van der Waals surface area contributed by atoms with Crippen molar-refractivity contribution >= 4 is 11.9 Å². The topological polar surface area (TPSA) is 44.6 Å². The molecule has 0 aliphatic heterocycles. The minimum atomic E-state index is -4.34. The molecule has 2 N–H and O–H groups in total. The van der Waals surface area contributed by atoms with E-state index in [4.69, 9.17) is 0 Å². The van der Waals surface area contributed by atoms with E-state index in [1.165, 1.54) is 24.4 Å². The van der Waals surface area contributed by atoms with Crippen molar-refractivity contribution in [1.29, 1.82) is 0 Å². The molecule has 0 aliphatic carbocycles. The van der Waals surface area contributed by atoms with Gasteiger partial charge in [-0.25, -0.2) is 0 Å². The molecule has 0 saturated carbocycles. The Hall–Kier alpha value is -2.50. The van der Waals surface area contributed by atoms with Gasteiger partial charge in [0.15, 0.2) is 0 Å². The number of nitrogens with zero attached hydrogens (tertiary/aromatic N) is 1. The van der Waals surface area contributed by atoms with Crippen LogP contribution in [-0.4, -0.2) is 11.3 Å². The van der Waals surface area contributed by atoms with E-state index in [9.17, 15) is 18.3 Å². The maximum Gasteiger partial charge on any atom is 0.416 e. The number of phenols is 1. The van der Waals surface area contributed by atoms with Crippen LogP contribution < -0.4 is 5.43 Å². The normalized spacial score (nSPS) is 11.8. The number of hydrogen-bond acceptors (Lipinski definition) is 3. The van der Waals surface area contributed by atoms with Gasteiger partial charge in [0.1, 0.15) is 5.75 Å². The monoisotopic (exact) mass is 280 g/mol. The number of benzene rings is 2. The molecule has 0 spiro atoms. The average Bonchev–Trinajstić information content (AvgIpc) is 2.40. The first-order valence-electron chi connectivity index (χ1n) is 5.71. The molecular weight excluding hydrogens is 269 g/mol. The van der Waals surface area contributed by atoms with Gasteiger partial charge in [-0.15, -0.1) is 0 Å². The van der Waals surface area contributed by atoms with Crippen molar-refractivity contribution in [3.8, 4) is 5.75 Å². The van der Waals surface area contributed by atoms with Crippen molar-refractivity contribution in [2.75, 3.05) is 5.43 Å².